The van der Waals surface area contributed by atoms with Crippen molar-refractivity contribution in [2.45, 2.75) is 13.0 Å². The van der Waals surface area contributed by atoms with Gasteiger partial charge in [-0.15, -0.1) is 0 Å². The molecule has 2 N–H and O–H groups in total. The molecular weight excluding hydrogens is 112 g/mol. The highest BCUT2D eigenvalue weighted by molar-refractivity contribution is 5.11. The van der Waals surface area contributed by atoms with Crippen molar-refractivity contribution in [3.05, 3.63) is 30.1 Å². The Hall–Kier alpha value is -0.890. The van der Waals surface area contributed by atoms with Crippen LogP contribution in [0.2, 0.25) is 0 Å². The third-order valence-electron chi connectivity index (χ3n) is 1.21. The van der Waals surface area contributed by atoms with Crippen molar-refractivity contribution < 1.29 is 0 Å². The van der Waals surface area contributed by atoms with Crippen LogP contribution in [0, 0.1) is 0 Å². The summed E-state index contributed by atoms with van der Waals surface area (Å²) in [5.74, 6) is 0. The standard InChI is InChI=1S/C7H10N2/c1-6(8)7-3-2-4-9-5-7/h2-6H,8H2,1H3/t6-/m1/s1. The molecule has 1 rings (SSSR count). The van der Waals surface area contributed by atoms with Crippen LogP contribution in [0.15, 0.2) is 24.5 Å². The van der Waals surface area contributed by atoms with E-state index in [-0.39, 0.29) is 6.04 Å². The Labute approximate surface area is 54.7 Å². The lowest BCUT2D eigenvalue weighted by Crippen LogP contribution is -2.04. The van der Waals surface area contributed by atoms with Gasteiger partial charge in [0.2, 0.25) is 0 Å². The van der Waals surface area contributed by atoms with Gasteiger partial charge < -0.3 is 5.73 Å². The van der Waals surface area contributed by atoms with E-state index in [1.54, 1.807) is 12.4 Å². The average molecular weight is 122 g/mol. The van der Waals surface area contributed by atoms with Crippen molar-refractivity contribution in [3.8, 4) is 0 Å². The van der Waals surface area contributed by atoms with Crippen LogP contribution in [0.5, 0.6) is 0 Å². The molecule has 1 atom stereocenters. The molecule has 0 fully saturated rings. The summed E-state index contributed by atoms with van der Waals surface area (Å²) >= 11 is 0. The van der Waals surface area contributed by atoms with Crippen LogP contribution in [0.4, 0.5) is 0 Å². The van der Waals surface area contributed by atoms with Crippen molar-refractivity contribution in [1.82, 2.24) is 4.98 Å². The number of nitrogens with zero attached hydrogens (tertiary/aromatic N) is 1. The van der Waals surface area contributed by atoms with Gasteiger partial charge in [-0.25, -0.2) is 0 Å². The van der Waals surface area contributed by atoms with Gasteiger partial charge in [-0.1, -0.05) is 6.07 Å². The van der Waals surface area contributed by atoms with Crippen LogP contribution in [0.25, 0.3) is 0 Å². The highest BCUT2D eigenvalue weighted by Gasteiger charge is 1.94. The molecule has 2 nitrogen and oxygen atoms in total. The molecule has 0 saturated heterocycles. The summed E-state index contributed by atoms with van der Waals surface area (Å²) in [5, 5.41) is 0. The van der Waals surface area contributed by atoms with Gasteiger partial charge in [-0.2, -0.15) is 0 Å². The first-order valence-corrected chi connectivity index (χ1v) is 2.96. The molecule has 0 bridgehead atoms. The van der Waals surface area contributed by atoms with Gasteiger partial charge in [0.05, 0.1) is 0 Å². The largest absolute Gasteiger partial charge is 0.324 e. The lowest BCUT2D eigenvalue weighted by molar-refractivity contribution is 0.811. The van der Waals surface area contributed by atoms with E-state index < -0.39 is 0 Å². The SMILES string of the molecule is C[C@@H](N)c1cccnc1. The third-order valence-corrected chi connectivity index (χ3v) is 1.21. The van der Waals surface area contributed by atoms with E-state index in [0.717, 1.165) is 5.56 Å². The molecule has 2 heteroatoms. The van der Waals surface area contributed by atoms with Crippen molar-refractivity contribution in [1.29, 1.82) is 0 Å². The van der Waals surface area contributed by atoms with Gasteiger partial charge >= 0.3 is 0 Å². The van der Waals surface area contributed by atoms with Gasteiger partial charge in [-0.3, -0.25) is 4.98 Å². The highest BCUT2D eigenvalue weighted by atomic mass is 14.7. The Morgan fingerprint density at radius 1 is 1.67 bits per heavy atom. The first-order valence-electron chi connectivity index (χ1n) is 2.96. The van der Waals surface area contributed by atoms with E-state index in [1.165, 1.54) is 0 Å². The summed E-state index contributed by atoms with van der Waals surface area (Å²) in [4.78, 5) is 3.93. The molecular formula is C7H10N2. The number of aromatic nitrogens is 1. The van der Waals surface area contributed by atoms with Gasteiger partial charge in [0, 0.05) is 18.4 Å². The molecule has 0 amide bonds. The fraction of sp³-hybridized carbons (Fsp3) is 0.286. The van der Waals surface area contributed by atoms with Gasteiger partial charge in [0.1, 0.15) is 0 Å². The third kappa shape index (κ3) is 1.50. The molecule has 1 aromatic rings. The summed E-state index contributed by atoms with van der Waals surface area (Å²) in [7, 11) is 0. The molecule has 0 radical (unpaired) electrons. The second-order valence-electron chi connectivity index (χ2n) is 2.08. The quantitative estimate of drug-likeness (QED) is 0.605. The molecule has 0 aliphatic carbocycles. The number of hydrogen-bond acceptors (Lipinski definition) is 2. The summed E-state index contributed by atoms with van der Waals surface area (Å²) in [6.45, 7) is 1.94. The van der Waals surface area contributed by atoms with Crippen LogP contribution in [-0.4, -0.2) is 4.98 Å². The van der Waals surface area contributed by atoms with Crippen LogP contribution in [-0.2, 0) is 0 Å². The van der Waals surface area contributed by atoms with Crippen molar-refractivity contribution in [2.24, 2.45) is 5.73 Å². The minimum atomic E-state index is 0.0960. The zero-order valence-electron chi connectivity index (χ0n) is 5.41. The van der Waals surface area contributed by atoms with Crippen molar-refractivity contribution in [2.75, 3.05) is 0 Å². The van der Waals surface area contributed by atoms with Crippen LogP contribution < -0.4 is 5.73 Å². The Kier molecular flexibility index (Phi) is 1.80. The van der Waals surface area contributed by atoms with Gasteiger partial charge in [-0.05, 0) is 18.6 Å². The fourth-order valence-electron chi connectivity index (χ4n) is 0.645. The maximum absolute atomic E-state index is 5.57. The second kappa shape index (κ2) is 2.60. The average Bonchev–Trinajstić information content (AvgIpc) is 1.90. The van der Waals surface area contributed by atoms with Gasteiger partial charge in [0.25, 0.3) is 0 Å². The molecule has 0 aliphatic heterocycles. The minimum absolute atomic E-state index is 0.0960. The molecule has 0 aliphatic rings. The van der Waals surface area contributed by atoms with E-state index in [0.29, 0.717) is 0 Å². The maximum atomic E-state index is 5.57. The fourth-order valence-corrected chi connectivity index (χ4v) is 0.645. The van der Waals surface area contributed by atoms with Crippen LogP contribution in [0.1, 0.15) is 18.5 Å². The van der Waals surface area contributed by atoms with E-state index >= 15 is 0 Å². The Bertz CT molecular complexity index is 170. The number of nitrogens with two attached hydrogens (primary N) is 1. The summed E-state index contributed by atoms with van der Waals surface area (Å²) in [5.41, 5.74) is 6.65. The number of hydrogen-bond donors (Lipinski definition) is 1. The molecule has 1 aromatic heterocycles. The molecule has 0 aromatic carbocycles. The van der Waals surface area contributed by atoms with E-state index in [1.807, 2.05) is 19.1 Å². The molecule has 48 valence electrons. The predicted octanol–water partition coefficient (Wildman–Crippen LogP) is 1.10. The minimum Gasteiger partial charge on any atom is -0.324 e. The van der Waals surface area contributed by atoms with Crippen LogP contribution in [0.3, 0.4) is 0 Å². The van der Waals surface area contributed by atoms with Gasteiger partial charge in [0.15, 0.2) is 0 Å². The molecule has 1 heterocycles. The Balaban J connectivity index is 2.85. The number of pyridine rings is 1. The zero-order valence-corrected chi connectivity index (χ0v) is 5.41. The van der Waals surface area contributed by atoms with Crippen LogP contribution >= 0.6 is 0 Å². The normalized spacial score (nSPS) is 13.1. The summed E-state index contributed by atoms with van der Waals surface area (Å²) in [6, 6.07) is 3.95. The molecule has 0 unspecified atom stereocenters. The zero-order chi connectivity index (χ0) is 6.69. The topological polar surface area (TPSA) is 38.9 Å². The Morgan fingerprint density at radius 2 is 2.44 bits per heavy atom. The lowest BCUT2D eigenvalue weighted by atomic mass is 10.2. The summed E-state index contributed by atoms with van der Waals surface area (Å²) < 4.78 is 0. The maximum Gasteiger partial charge on any atom is 0.0315 e. The van der Waals surface area contributed by atoms with E-state index in [4.69, 9.17) is 5.73 Å². The van der Waals surface area contributed by atoms with E-state index in [2.05, 4.69) is 4.98 Å². The van der Waals surface area contributed by atoms with E-state index in [9.17, 15) is 0 Å². The monoisotopic (exact) mass is 122 g/mol. The number of rotatable bonds is 1. The molecule has 0 saturated carbocycles. The summed E-state index contributed by atoms with van der Waals surface area (Å²) in [6.07, 6.45) is 3.52. The predicted molar refractivity (Wildman–Crippen MR) is 36.8 cm³/mol. The molecule has 0 spiro atoms. The van der Waals surface area contributed by atoms with Crippen molar-refractivity contribution >= 4 is 0 Å². The van der Waals surface area contributed by atoms with Crippen molar-refractivity contribution in [3.63, 3.8) is 0 Å². The Morgan fingerprint density at radius 3 is 2.78 bits per heavy atom. The molecule has 9 heavy (non-hydrogen) atoms. The second-order valence-corrected chi connectivity index (χ2v) is 2.08. The lowest BCUT2D eigenvalue weighted by Gasteiger charge is -2.01. The first-order chi connectivity index (χ1) is 4.30. The highest BCUT2D eigenvalue weighted by Crippen LogP contribution is 2.04. The first kappa shape index (κ1) is 6.23. The smallest absolute Gasteiger partial charge is 0.0315 e.